The molecule has 1 atom stereocenters. The molecule has 19 heavy (non-hydrogen) atoms. The van der Waals surface area contributed by atoms with Crippen LogP contribution >= 0.6 is 0 Å². The number of carbonyl (C=O) groups is 1. The lowest BCUT2D eigenvalue weighted by Crippen LogP contribution is -2.16. The van der Waals surface area contributed by atoms with Crippen molar-refractivity contribution in [2.75, 3.05) is 0 Å². The quantitative estimate of drug-likeness (QED) is 0.887. The van der Waals surface area contributed by atoms with Gasteiger partial charge in [-0.05, 0) is 17.2 Å². The molecule has 3 N–H and O–H groups in total. The van der Waals surface area contributed by atoms with Crippen molar-refractivity contribution in [2.24, 2.45) is 5.73 Å². The summed E-state index contributed by atoms with van der Waals surface area (Å²) >= 11 is 0. The van der Waals surface area contributed by atoms with Crippen LogP contribution < -0.4 is 5.73 Å². The molecule has 0 saturated carbocycles. The molecule has 0 bridgehead atoms. The topological polar surface area (TPSA) is 63.3 Å². The lowest BCUT2D eigenvalue weighted by molar-refractivity contribution is -0.137. The Balaban J connectivity index is 2.47. The van der Waals surface area contributed by atoms with E-state index in [0.717, 1.165) is 0 Å². The highest BCUT2D eigenvalue weighted by Gasteiger charge is 2.16. The number of carboxylic acids is 1. The minimum atomic E-state index is -0.976. The number of rotatable bonds is 4. The van der Waals surface area contributed by atoms with Gasteiger partial charge in [-0.25, -0.2) is 4.39 Å². The van der Waals surface area contributed by atoms with Gasteiger partial charge in [0.25, 0.3) is 0 Å². The van der Waals surface area contributed by atoms with Crippen molar-refractivity contribution in [3.63, 3.8) is 0 Å². The second kappa shape index (κ2) is 5.63. The average molecular weight is 259 g/mol. The van der Waals surface area contributed by atoms with Crippen LogP contribution in [0.15, 0.2) is 48.5 Å². The van der Waals surface area contributed by atoms with E-state index in [0.29, 0.717) is 16.7 Å². The zero-order valence-corrected chi connectivity index (χ0v) is 10.2. The van der Waals surface area contributed by atoms with Gasteiger partial charge in [-0.1, -0.05) is 42.5 Å². The van der Waals surface area contributed by atoms with Crippen molar-refractivity contribution in [1.82, 2.24) is 0 Å². The van der Waals surface area contributed by atoms with Gasteiger partial charge in [0.15, 0.2) is 0 Å². The Kier molecular flexibility index (Phi) is 3.92. The summed E-state index contributed by atoms with van der Waals surface area (Å²) in [5.41, 5.74) is 7.58. The predicted octanol–water partition coefficient (Wildman–Crippen LogP) is 2.97. The summed E-state index contributed by atoms with van der Waals surface area (Å²) in [6.07, 6.45) is -0.189. The van der Waals surface area contributed by atoms with Crippen molar-refractivity contribution in [3.05, 3.63) is 59.9 Å². The standard InChI is InChI=1S/C15H14FNO2/c16-13-8-4-3-6-11(13)10-5-1-2-7-12(10)14(17)9-15(18)19/h1-8,14H,9,17H2,(H,18,19). The van der Waals surface area contributed by atoms with E-state index in [-0.39, 0.29) is 12.2 Å². The van der Waals surface area contributed by atoms with Crippen molar-refractivity contribution < 1.29 is 14.3 Å². The summed E-state index contributed by atoms with van der Waals surface area (Å²) in [5.74, 6) is -1.33. The lowest BCUT2D eigenvalue weighted by atomic mass is 9.93. The van der Waals surface area contributed by atoms with Gasteiger partial charge in [0.05, 0.1) is 6.42 Å². The molecule has 2 rings (SSSR count). The summed E-state index contributed by atoms with van der Waals surface area (Å²) < 4.78 is 13.8. The van der Waals surface area contributed by atoms with Gasteiger partial charge in [0.1, 0.15) is 5.82 Å². The fourth-order valence-corrected chi connectivity index (χ4v) is 2.04. The molecule has 0 amide bonds. The second-order valence-electron chi connectivity index (χ2n) is 4.27. The van der Waals surface area contributed by atoms with Gasteiger partial charge in [-0.2, -0.15) is 0 Å². The first-order valence-corrected chi connectivity index (χ1v) is 5.91. The van der Waals surface area contributed by atoms with E-state index in [2.05, 4.69) is 0 Å². The van der Waals surface area contributed by atoms with Gasteiger partial charge >= 0.3 is 5.97 Å². The van der Waals surface area contributed by atoms with Gasteiger partial charge in [-0.15, -0.1) is 0 Å². The van der Waals surface area contributed by atoms with Crippen LogP contribution in [0.4, 0.5) is 4.39 Å². The number of benzene rings is 2. The van der Waals surface area contributed by atoms with Gasteiger partial charge in [0, 0.05) is 11.6 Å². The molecular weight excluding hydrogens is 245 g/mol. The Labute approximate surface area is 110 Å². The summed E-state index contributed by atoms with van der Waals surface area (Å²) in [5, 5.41) is 8.81. The highest BCUT2D eigenvalue weighted by molar-refractivity contribution is 5.72. The molecule has 0 heterocycles. The number of hydrogen-bond acceptors (Lipinski definition) is 2. The van der Waals surface area contributed by atoms with Gasteiger partial charge in [-0.3, -0.25) is 4.79 Å². The summed E-state index contributed by atoms with van der Waals surface area (Å²) in [4.78, 5) is 10.7. The van der Waals surface area contributed by atoms with Crippen molar-refractivity contribution in [1.29, 1.82) is 0 Å². The van der Waals surface area contributed by atoms with Crippen LogP contribution in [0.5, 0.6) is 0 Å². The molecule has 2 aromatic rings. The highest BCUT2D eigenvalue weighted by atomic mass is 19.1. The molecule has 4 heteroatoms. The smallest absolute Gasteiger partial charge is 0.305 e. The third kappa shape index (κ3) is 2.98. The van der Waals surface area contributed by atoms with Crippen LogP contribution in [0.3, 0.4) is 0 Å². The maximum atomic E-state index is 13.8. The van der Waals surface area contributed by atoms with E-state index >= 15 is 0 Å². The first kappa shape index (κ1) is 13.2. The molecule has 0 aliphatic heterocycles. The first-order valence-electron chi connectivity index (χ1n) is 5.91. The lowest BCUT2D eigenvalue weighted by Gasteiger charge is -2.15. The Hall–Kier alpha value is -2.20. The van der Waals surface area contributed by atoms with E-state index in [1.807, 2.05) is 0 Å². The summed E-state index contributed by atoms with van der Waals surface area (Å²) in [7, 11) is 0. The average Bonchev–Trinajstić information content (AvgIpc) is 2.38. The minimum Gasteiger partial charge on any atom is -0.481 e. The number of hydrogen-bond donors (Lipinski definition) is 2. The SMILES string of the molecule is NC(CC(=O)O)c1ccccc1-c1ccccc1F. The van der Waals surface area contributed by atoms with E-state index in [1.165, 1.54) is 6.07 Å². The molecule has 2 aromatic carbocycles. The Morgan fingerprint density at radius 2 is 1.68 bits per heavy atom. The van der Waals surface area contributed by atoms with Crippen LogP contribution in [0.2, 0.25) is 0 Å². The highest BCUT2D eigenvalue weighted by Crippen LogP contribution is 2.30. The monoisotopic (exact) mass is 259 g/mol. The molecule has 98 valence electrons. The third-order valence-electron chi connectivity index (χ3n) is 2.92. The summed E-state index contributed by atoms with van der Waals surface area (Å²) in [6.45, 7) is 0. The van der Waals surface area contributed by atoms with Crippen LogP contribution in [0.1, 0.15) is 18.0 Å². The van der Waals surface area contributed by atoms with E-state index in [1.54, 1.807) is 42.5 Å². The Bertz CT molecular complexity index is 598. The minimum absolute atomic E-state index is 0.189. The van der Waals surface area contributed by atoms with Gasteiger partial charge < -0.3 is 10.8 Å². The molecule has 1 unspecified atom stereocenters. The molecule has 0 fully saturated rings. The van der Waals surface area contributed by atoms with Crippen LogP contribution in [-0.4, -0.2) is 11.1 Å². The van der Waals surface area contributed by atoms with Crippen molar-refractivity contribution in [2.45, 2.75) is 12.5 Å². The number of aliphatic carboxylic acids is 1. The molecule has 0 aromatic heterocycles. The largest absolute Gasteiger partial charge is 0.481 e. The van der Waals surface area contributed by atoms with E-state index in [9.17, 15) is 9.18 Å². The molecule has 0 aliphatic rings. The second-order valence-corrected chi connectivity index (χ2v) is 4.27. The third-order valence-corrected chi connectivity index (χ3v) is 2.92. The van der Waals surface area contributed by atoms with Gasteiger partial charge in [0.2, 0.25) is 0 Å². The van der Waals surface area contributed by atoms with Crippen LogP contribution in [-0.2, 0) is 4.79 Å². The molecule has 3 nitrogen and oxygen atoms in total. The number of nitrogens with two attached hydrogens (primary N) is 1. The zero-order valence-electron chi connectivity index (χ0n) is 10.2. The maximum Gasteiger partial charge on any atom is 0.305 e. The van der Waals surface area contributed by atoms with E-state index in [4.69, 9.17) is 10.8 Å². The number of halogens is 1. The summed E-state index contributed by atoms with van der Waals surface area (Å²) in [6, 6.07) is 12.7. The number of carboxylic acid groups (broad SMARTS) is 1. The van der Waals surface area contributed by atoms with Crippen LogP contribution in [0.25, 0.3) is 11.1 Å². The van der Waals surface area contributed by atoms with Crippen LogP contribution in [0, 0.1) is 5.82 Å². The Morgan fingerprint density at radius 1 is 1.11 bits per heavy atom. The van der Waals surface area contributed by atoms with E-state index < -0.39 is 12.0 Å². The molecule has 0 spiro atoms. The normalized spacial score (nSPS) is 12.1. The molecular formula is C15H14FNO2. The van der Waals surface area contributed by atoms with Crippen molar-refractivity contribution in [3.8, 4) is 11.1 Å². The predicted molar refractivity (Wildman–Crippen MR) is 71.0 cm³/mol. The van der Waals surface area contributed by atoms with Crippen molar-refractivity contribution >= 4 is 5.97 Å². The maximum absolute atomic E-state index is 13.8. The fourth-order valence-electron chi connectivity index (χ4n) is 2.04. The first-order chi connectivity index (χ1) is 9.09. The zero-order chi connectivity index (χ0) is 13.8. The fraction of sp³-hybridized carbons (Fsp3) is 0.133. The molecule has 0 radical (unpaired) electrons. The molecule has 0 aliphatic carbocycles. The molecule has 0 saturated heterocycles. The Morgan fingerprint density at radius 3 is 2.32 bits per heavy atom.